The van der Waals surface area contributed by atoms with Gasteiger partial charge in [0.05, 0.1) is 18.2 Å². The van der Waals surface area contributed by atoms with Crippen molar-refractivity contribution in [3.05, 3.63) is 24.2 Å². The van der Waals surface area contributed by atoms with Crippen LogP contribution in [0.4, 0.5) is 0 Å². The number of carboxylic acids is 1. The van der Waals surface area contributed by atoms with Crippen LogP contribution in [0.3, 0.4) is 0 Å². The Morgan fingerprint density at radius 2 is 2.28 bits per heavy atom. The minimum atomic E-state index is -0.647. The topological polar surface area (TPSA) is 62.5 Å². The molecule has 98 valence electrons. The molecule has 0 aromatic carbocycles. The molecule has 0 saturated heterocycles. The van der Waals surface area contributed by atoms with Crippen LogP contribution in [0.25, 0.3) is 0 Å². The van der Waals surface area contributed by atoms with Crippen molar-refractivity contribution in [2.24, 2.45) is 17.8 Å². The van der Waals surface area contributed by atoms with Crippen LogP contribution in [-0.2, 0) is 4.79 Å². The van der Waals surface area contributed by atoms with Gasteiger partial charge < -0.3 is 14.8 Å². The van der Waals surface area contributed by atoms with Crippen molar-refractivity contribution in [1.29, 1.82) is 0 Å². The van der Waals surface area contributed by atoms with Gasteiger partial charge in [-0.2, -0.15) is 0 Å². The molecule has 0 spiro atoms. The van der Waals surface area contributed by atoms with E-state index in [0.29, 0.717) is 11.8 Å². The molecule has 2 aliphatic rings. The Morgan fingerprint density at radius 3 is 2.94 bits per heavy atom. The van der Waals surface area contributed by atoms with E-state index < -0.39 is 5.97 Å². The van der Waals surface area contributed by atoms with Gasteiger partial charge in [0, 0.05) is 6.04 Å². The summed E-state index contributed by atoms with van der Waals surface area (Å²) >= 11 is 0. The van der Waals surface area contributed by atoms with Gasteiger partial charge in [-0.3, -0.25) is 4.79 Å². The maximum absolute atomic E-state index is 11.4. The average Bonchev–Trinajstić information content (AvgIpc) is 3.05. The zero-order valence-corrected chi connectivity index (χ0v) is 10.5. The molecule has 2 aliphatic carbocycles. The Balaban J connectivity index is 1.73. The van der Waals surface area contributed by atoms with E-state index in [4.69, 9.17) is 4.42 Å². The lowest BCUT2D eigenvalue weighted by atomic mass is 9.84. The number of rotatable bonds is 4. The van der Waals surface area contributed by atoms with E-state index in [1.54, 1.807) is 6.26 Å². The zero-order chi connectivity index (χ0) is 12.7. The summed E-state index contributed by atoms with van der Waals surface area (Å²) in [5.41, 5.74) is 0. The molecule has 5 atom stereocenters. The Bertz CT molecular complexity index is 428. The van der Waals surface area contributed by atoms with E-state index in [0.717, 1.165) is 25.0 Å². The van der Waals surface area contributed by atoms with Gasteiger partial charge in [0.2, 0.25) is 0 Å². The Labute approximate surface area is 106 Å². The molecule has 3 rings (SSSR count). The Kier molecular flexibility index (Phi) is 2.90. The third-order valence-electron chi connectivity index (χ3n) is 4.61. The fourth-order valence-corrected chi connectivity index (χ4v) is 3.79. The van der Waals surface area contributed by atoms with E-state index in [-0.39, 0.29) is 18.0 Å². The number of hydrogen-bond donors (Lipinski definition) is 2. The highest BCUT2D eigenvalue weighted by atomic mass is 16.4. The lowest BCUT2D eigenvalue weighted by Gasteiger charge is -2.31. The first kappa shape index (κ1) is 11.8. The molecule has 2 saturated carbocycles. The fourth-order valence-electron chi connectivity index (χ4n) is 3.79. The number of furan rings is 1. The molecule has 1 heterocycles. The van der Waals surface area contributed by atoms with Crippen LogP contribution in [0.15, 0.2) is 22.8 Å². The number of carboxylic acid groups (broad SMARTS) is 1. The van der Waals surface area contributed by atoms with Gasteiger partial charge in [-0.25, -0.2) is 0 Å². The van der Waals surface area contributed by atoms with Crippen molar-refractivity contribution in [3.63, 3.8) is 0 Å². The molecule has 18 heavy (non-hydrogen) atoms. The summed E-state index contributed by atoms with van der Waals surface area (Å²) in [5, 5.41) is 12.9. The number of fused-ring (bicyclic) bond motifs is 2. The van der Waals surface area contributed by atoms with E-state index >= 15 is 0 Å². The van der Waals surface area contributed by atoms with Crippen molar-refractivity contribution in [2.45, 2.75) is 38.3 Å². The first-order chi connectivity index (χ1) is 8.66. The van der Waals surface area contributed by atoms with Crippen LogP contribution in [0.1, 0.15) is 38.0 Å². The van der Waals surface area contributed by atoms with Crippen molar-refractivity contribution in [2.75, 3.05) is 0 Å². The number of hydrogen-bond acceptors (Lipinski definition) is 3. The molecule has 5 unspecified atom stereocenters. The standard InChI is InChI=1S/C14H19NO3/c1-8(11-3-2-6-18-11)15-13-10-5-4-9(7-10)12(13)14(16)17/h2-3,6,8-10,12-13,15H,4-5,7H2,1H3,(H,16,17). The zero-order valence-electron chi connectivity index (χ0n) is 10.5. The van der Waals surface area contributed by atoms with Crippen molar-refractivity contribution in [3.8, 4) is 0 Å². The first-order valence-corrected chi connectivity index (χ1v) is 6.69. The van der Waals surface area contributed by atoms with E-state index in [1.807, 2.05) is 19.1 Å². The van der Waals surface area contributed by atoms with Gasteiger partial charge in [0.25, 0.3) is 0 Å². The summed E-state index contributed by atoms with van der Waals surface area (Å²) in [5.74, 6) is 0.900. The lowest BCUT2D eigenvalue weighted by Crippen LogP contribution is -2.45. The van der Waals surface area contributed by atoms with Crippen LogP contribution >= 0.6 is 0 Å². The Morgan fingerprint density at radius 1 is 1.50 bits per heavy atom. The summed E-state index contributed by atoms with van der Waals surface area (Å²) in [7, 11) is 0. The molecule has 0 amide bonds. The summed E-state index contributed by atoms with van der Waals surface area (Å²) in [6, 6.07) is 3.97. The predicted molar refractivity (Wildman–Crippen MR) is 66.0 cm³/mol. The highest BCUT2D eigenvalue weighted by molar-refractivity contribution is 5.72. The van der Waals surface area contributed by atoms with Gasteiger partial charge >= 0.3 is 5.97 Å². The maximum atomic E-state index is 11.4. The van der Waals surface area contributed by atoms with Crippen molar-refractivity contribution in [1.82, 2.24) is 5.32 Å². The van der Waals surface area contributed by atoms with Crippen LogP contribution in [0.2, 0.25) is 0 Å². The predicted octanol–water partition coefficient (Wildman–Crippen LogP) is 2.43. The smallest absolute Gasteiger partial charge is 0.308 e. The average molecular weight is 249 g/mol. The molecule has 1 aromatic heterocycles. The molecule has 2 bridgehead atoms. The van der Waals surface area contributed by atoms with Gasteiger partial charge in [-0.05, 0) is 50.2 Å². The van der Waals surface area contributed by atoms with Gasteiger partial charge in [0.1, 0.15) is 5.76 Å². The maximum Gasteiger partial charge on any atom is 0.308 e. The van der Waals surface area contributed by atoms with E-state index in [9.17, 15) is 9.90 Å². The van der Waals surface area contributed by atoms with E-state index in [1.165, 1.54) is 0 Å². The molecular weight excluding hydrogens is 230 g/mol. The van der Waals surface area contributed by atoms with Crippen molar-refractivity contribution >= 4 is 5.97 Å². The quantitative estimate of drug-likeness (QED) is 0.860. The third-order valence-corrected chi connectivity index (χ3v) is 4.61. The molecule has 1 aromatic rings. The molecule has 0 radical (unpaired) electrons. The van der Waals surface area contributed by atoms with Crippen LogP contribution in [0.5, 0.6) is 0 Å². The monoisotopic (exact) mass is 249 g/mol. The first-order valence-electron chi connectivity index (χ1n) is 6.69. The van der Waals surface area contributed by atoms with Crippen LogP contribution < -0.4 is 5.32 Å². The fraction of sp³-hybridized carbons (Fsp3) is 0.643. The highest BCUT2D eigenvalue weighted by Gasteiger charge is 2.51. The molecule has 4 heteroatoms. The molecule has 0 aliphatic heterocycles. The molecule has 4 nitrogen and oxygen atoms in total. The second-order valence-corrected chi connectivity index (χ2v) is 5.63. The minimum Gasteiger partial charge on any atom is -0.481 e. The normalized spacial score (nSPS) is 35.8. The second-order valence-electron chi connectivity index (χ2n) is 5.63. The summed E-state index contributed by atoms with van der Waals surface area (Å²) in [4.78, 5) is 11.4. The van der Waals surface area contributed by atoms with Crippen molar-refractivity contribution < 1.29 is 14.3 Å². The number of nitrogens with one attached hydrogen (secondary N) is 1. The van der Waals surface area contributed by atoms with Gasteiger partial charge in [0.15, 0.2) is 0 Å². The summed E-state index contributed by atoms with van der Waals surface area (Å²) in [6.07, 6.45) is 4.97. The largest absolute Gasteiger partial charge is 0.481 e. The summed E-state index contributed by atoms with van der Waals surface area (Å²) < 4.78 is 5.37. The van der Waals surface area contributed by atoms with Crippen LogP contribution in [0, 0.1) is 17.8 Å². The minimum absolute atomic E-state index is 0.0752. The molecular formula is C14H19NO3. The van der Waals surface area contributed by atoms with Crippen LogP contribution in [-0.4, -0.2) is 17.1 Å². The van der Waals surface area contributed by atoms with Gasteiger partial charge in [-0.1, -0.05) is 0 Å². The van der Waals surface area contributed by atoms with E-state index in [2.05, 4.69) is 5.32 Å². The second kappa shape index (κ2) is 4.43. The Hall–Kier alpha value is -1.29. The lowest BCUT2D eigenvalue weighted by molar-refractivity contribution is -0.144. The third kappa shape index (κ3) is 1.85. The summed E-state index contributed by atoms with van der Waals surface area (Å²) in [6.45, 7) is 2.03. The highest BCUT2D eigenvalue weighted by Crippen LogP contribution is 2.49. The molecule has 2 N–H and O–H groups in total. The number of carbonyl (C=O) groups is 1. The SMILES string of the molecule is CC(NC1C2CCC(C2)C1C(=O)O)c1ccco1. The number of aliphatic carboxylic acids is 1. The van der Waals surface area contributed by atoms with Gasteiger partial charge in [-0.15, -0.1) is 0 Å². The molecule has 2 fully saturated rings.